The molecule has 0 radical (unpaired) electrons. The molecule has 0 aliphatic heterocycles. The second-order valence-electron chi connectivity index (χ2n) is 4.26. The molecule has 2 aromatic rings. The fourth-order valence-corrected chi connectivity index (χ4v) is 3.64. The molecule has 112 valence electrons. The summed E-state index contributed by atoms with van der Waals surface area (Å²) in [5.41, 5.74) is 4.67. The molecule has 0 spiro atoms. The van der Waals surface area contributed by atoms with Gasteiger partial charge in [-0.05, 0) is 46.3 Å². The molecule has 0 heterocycles. The van der Waals surface area contributed by atoms with Gasteiger partial charge in [-0.3, -0.25) is 0 Å². The molecule has 3 nitrogen and oxygen atoms in total. The minimum absolute atomic E-state index is 0.0682. The standard InChI is InChI=1S/C13H9BrF3NO2S/c14-9-2-3-10(16)8(13(9)17)6-21(19,20)12-5-7(15)1-4-11(12)18/h1-5H,6,18H2. The zero-order valence-electron chi connectivity index (χ0n) is 10.4. The molecule has 21 heavy (non-hydrogen) atoms. The number of hydrogen-bond acceptors (Lipinski definition) is 3. The van der Waals surface area contributed by atoms with Crippen LogP contribution >= 0.6 is 15.9 Å². The van der Waals surface area contributed by atoms with Gasteiger partial charge < -0.3 is 5.73 Å². The lowest BCUT2D eigenvalue weighted by atomic mass is 10.2. The van der Waals surface area contributed by atoms with Crippen LogP contribution in [0.5, 0.6) is 0 Å². The third-order valence-electron chi connectivity index (χ3n) is 2.78. The van der Waals surface area contributed by atoms with E-state index in [1.807, 2.05) is 0 Å². The van der Waals surface area contributed by atoms with E-state index in [-0.39, 0.29) is 10.2 Å². The Bertz CT molecular complexity index is 809. The first-order valence-corrected chi connectivity index (χ1v) is 8.07. The van der Waals surface area contributed by atoms with E-state index in [1.165, 1.54) is 0 Å². The Hall–Kier alpha value is -1.54. The molecular weight excluding hydrogens is 371 g/mol. The summed E-state index contributed by atoms with van der Waals surface area (Å²) in [7, 11) is -4.19. The normalized spacial score (nSPS) is 11.6. The van der Waals surface area contributed by atoms with Crippen LogP contribution in [-0.2, 0) is 15.6 Å². The van der Waals surface area contributed by atoms with Crippen LogP contribution in [0.1, 0.15) is 5.56 Å². The first-order chi connectivity index (χ1) is 9.72. The Balaban J connectivity index is 2.53. The van der Waals surface area contributed by atoms with Gasteiger partial charge in [-0.15, -0.1) is 0 Å². The third kappa shape index (κ3) is 3.21. The Morgan fingerprint density at radius 2 is 1.76 bits per heavy atom. The summed E-state index contributed by atoms with van der Waals surface area (Å²) in [5, 5.41) is 0. The summed E-state index contributed by atoms with van der Waals surface area (Å²) < 4.78 is 64.9. The smallest absolute Gasteiger partial charge is 0.184 e. The van der Waals surface area contributed by atoms with Crippen molar-refractivity contribution in [2.45, 2.75) is 10.6 Å². The number of nitrogens with two attached hydrogens (primary N) is 1. The lowest BCUT2D eigenvalue weighted by Crippen LogP contribution is -2.11. The van der Waals surface area contributed by atoms with E-state index in [4.69, 9.17) is 5.73 Å². The quantitative estimate of drug-likeness (QED) is 0.656. The van der Waals surface area contributed by atoms with Crippen LogP contribution < -0.4 is 5.73 Å². The van der Waals surface area contributed by atoms with Gasteiger partial charge in [0.15, 0.2) is 9.84 Å². The average Bonchev–Trinajstić information content (AvgIpc) is 2.42. The summed E-state index contributed by atoms with van der Waals surface area (Å²) in [6.45, 7) is 0. The third-order valence-corrected chi connectivity index (χ3v) is 5.09. The van der Waals surface area contributed by atoms with Gasteiger partial charge in [-0.2, -0.15) is 0 Å². The highest BCUT2D eigenvalue weighted by Crippen LogP contribution is 2.28. The van der Waals surface area contributed by atoms with E-state index < -0.39 is 43.5 Å². The van der Waals surface area contributed by atoms with Crippen molar-refractivity contribution in [3.8, 4) is 0 Å². The maximum absolute atomic E-state index is 13.8. The topological polar surface area (TPSA) is 60.2 Å². The van der Waals surface area contributed by atoms with Gasteiger partial charge in [-0.1, -0.05) is 0 Å². The van der Waals surface area contributed by atoms with Gasteiger partial charge in [0.25, 0.3) is 0 Å². The zero-order chi connectivity index (χ0) is 15.8. The molecule has 0 aliphatic rings. The predicted octanol–water partition coefficient (Wildman–Crippen LogP) is 3.42. The second kappa shape index (κ2) is 5.69. The van der Waals surface area contributed by atoms with E-state index in [1.54, 1.807) is 0 Å². The fourth-order valence-electron chi connectivity index (χ4n) is 1.75. The van der Waals surface area contributed by atoms with Gasteiger partial charge in [0, 0.05) is 5.56 Å². The van der Waals surface area contributed by atoms with Gasteiger partial charge in [0.2, 0.25) is 0 Å². The summed E-state index contributed by atoms with van der Waals surface area (Å²) in [6, 6.07) is 4.85. The Morgan fingerprint density at radius 3 is 2.43 bits per heavy atom. The number of rotatable bonds is 3. The maximum Gasteiger partial charge on any atom is 0.184 e. The van der Waals surface area contributed by atoms with Crippen molar-refractivity contribution in [1.82, 2.24) is 0 Å². The van der Waals surface area contributed by atoms with Gasteiger partial charge in [0.05, 0.1) is 20.8 Å². The van der Waals surface area contributed by atoms with Crippen LogP contribution in [0, 0.1) is 17.5 Å². The van der Waals surface area contributed by atoms with E-state index >= 15 is 0 Å². The summed E-state index contributed by atoms with van der Waals surface area (Å²) >= 11 is 2.85. The van der Waals surface area contributed by atoms with Crippen molar-refractivity contribution in [2.75, 3.05) is 5.73 Å². The molecule has 0 saturated heterocycles. The van der Waals surface area contributed by atoms with Crippen LogP contribution in [0.2, 0.25) is 0 Å². The number of sulfone groups is 1. The highest BCUT2D eigenvalue weighted by Gasteiger charge is 2.24. The molecule has 0 aromatic heterocycles. The molecule has 2 aromatic carbocycles. The molecule has 0 saturated carbocycles. The minimum Gasteiger partial charge on any atom is -0.398 e. The number of halogens is 4. The van der Waals surface area contributed by atoms with Crippen molar-refractivity contribution in [1.29, 1.82) is 0 Å². The molecule has 0 bridgehead atoms. The van der Waals surface area contributed by atoms with Gasteiger partial charge in [-0.25, -0.2) is 21.6 Å². The predicted molar refractivity (Wildman–Crippen MR) is 75.8 cm³/mol. The van der Waals surface area contributed by atoms with E-state index in [9.17, 15) is 21.6 Å². The van der Waals surface area contributed by atoms with Crippen molar-refractivity contribution < 1.29 is 21.6 Å². The lowest BCUT2D eigenvalue weighted by molar-refractivity contribution is 0.552. The Labute approximate surface area is 127 Å². The Kier molecular flexibility index (Phi) is 4.29. The SMILES string of the molecule is Nc1ccc(F)cc1S(=O)(=O)Cc1c(F)ccc(Br)c1F. The first-order valence-electron chi connectivity index (χ1n) is 5.62. The van der Waals surface area contributed by atoms with Crippen molar-refractivity contribution in [2.24, 2.45) is 0 Å². The molecule has 0 atom stereocenters. The molecule has 2 N–H and O–H groups in total. The number of hydrogen-bond donors (Lipinski definition) is 1. The second-order valence-corrected chi connectivity index (χ2v) is 7.08. The molecule has 2 rings (SSSR count). The summed E-state index contributed by atoms with van der Waals surface area (Å²) in [4.78, 5) is -0.499. The largest absolute Gasteiger partial charge is 0.398 e. The molecule has 0 unspecified atom stereocenters. The zero-order valence-corrected chi connectivity index (χ0v) is 12.8. The first kappa shape index (κ1) is 15.8. The minimum atomic E-state index is -4.19. The summed E-state index contributed by atoms with van der Waals surface area (Å²) in [6.07, 6.45) is 0. The van der Waals surface area contributed by atoms with Crippen LogP contribution in [0.25, 0.3) is 0 Å². The summed E-state index contributed by atoms with van der Waals surface area (Å²) in [5.74, 6) is -3.79. The monoisotopic (exact) mass is 379 g/mol. The number of benzene rings is 2. The van der Waals surface area contributed by atoms with Gasteiger partial charge in [0.1, 0.15) is 17.5 Å². The highest BCUT2D eigenvalue weighted by molar-refractivity contribution is 9.10. The van der Waals surface area contributed by atoms with Crippen LogP contribution in [0.4, 0.5) is 18.9 Å². The maximum atomic E-state index is 13.8. The van der Waals surface area contributed by atoms with Crippen molar-refractivity contribution >= 4 is 31.5 Å². The van der Waals surface area contributed by atoms with Crippen molar-refractivity contribution in [3.63, 3.8) is 0 Å². The highest BCUT2D eigenvalue weighted by atomic mass is 79.9. The average molecular weight is 380 g/mol. The molecule has 0 fully saturated rings. The Morgan fingerprint density at radius 1 is 1.10 bits per heavy atom. The molecular formula is C13H9BrF3NO2S. The molecule has 0 amide bonds. The van der Waals surface area contributed by atoms with E-state index in [0.29, 0.717) is 0 Å². The van der Waals surface area contributed by atoms with Crippen LogP contribution in [-0.4, -0.2) is 8.42 Å². The van der Waals surface area contributed by atoms with Crippen molar-refractivity contribution in [3.05, 3.63) is 57.8 Å². The van der Waals surface area contributed by atoms with Crippen LogP contribution in [0.3, 0.4) is 0 Å². The molecule has 8 heteroatoms. The fraction of sp³-hybridized carbons (Fsp3) is 0.0769. The van der Waals surface area contributed by atoms with E-state index in [0.717, 1.165) is 30.3 Å². The molecule has 0 aliphatic carbocycles. The van der Waals surface area contributed by atoms with E-state index in [2.05, 4.69) is 15.9 Å². The number of anilines is 1. The number of nitrogen functional groups attached to an aromatic ring is 1. The van der Waals surface area contributed by atoms with Crippen LogP contribution in [0.15, 0.2) is 39.7 Å². The van der Waals surface area contributed by atoms with Gasteiger partial charge >= 0.3 is 0 Å². The lowest BCUT2D eigenvalue weighted by Gasteiger charge is -2.10.